The number of hydrogen-bond donors (Lipinski definition) is 1. The summed E-state index contributed by atoms with van der Waals surface area (Å²) in [7, 11) is -3.48. The normalized spacial score (nSPS) is 20.1. The molecule has 242 valence electrons. The molecule has 43 heavy (non-hydrogen) atoms. The van der Waals surface area contributed by atoms with E-state index in [1.807, 2.05) is 42.5 Å². The molecule has 1 aliphatic rings. The van der Waals surface area contributed by atoms with E-state index in [9.17, 15) is 9.90 Å². The molecule has 0 aromatic heterocycles. The van der Waals surface area contributed by atoms with Gasteiger partial charge in [0.05, 0.1) is 19.8 Å². The molecule has 0 heterocycles. The van der Waals surface area contributed by atoms with Gasteiger partial charge in [-0.15, -0.1) is 5.73 Å². The van der Waals surface area contributed by atoms with Crippen molar-refractivity contribution >= 4 is 22.6 Å². The van der Waals surface area contributed by atoms with Crippen molar-refractivity contribution in [1.82, 2.24) is 0 Å². The summed E-state index contributed by atoms with van der Waals surface area (Å²) in [5.41, 5.74) is 3.29. The minimum atomic E-state index is -2.44. The van der Waals surface area contributed by atoms with Gasteiger partial charge in [-0.25, -0.2) is 4.79 Å². The van der Waals surface area contributed by atoms with Crippen molar-refractivity contribution in [3.8, 4) is 5.75 Å². The van der Waals surface area contributed by atoms with Crippen LogP contribution in [0.4, 0.5) is 0 Å². The maximum atomic E-state index is 13.5. The molecule has 6 nitrogen and oxygen atoms in total. The summed E-state index contributed by atoms with van der Waals surface area (Å²) in [5, 5.41) is 10.4. The molecule has 1 N–H and O–H groups in total. The number of benzene rings is 1. The molecular formula is C35H58O6Si2. The lowest BCUT2D eigenvalue weighted by molar-refractivity contribution is -0.194. The number of methoxy groups -OCH3 is 1. The van der Waals surface area contributed by atoms with E-state index < -0.39 is 28.4 Å². The summed E-state index contributed by atoms with van der Waals surface area (Å²) < 4.78 is 24.7. The molecule has 1 aliphatic carbocycles. The van der Waals surface area contributed by atoms with Gasteiger partial charge in [0.1, 0.15) is 5.75 Å². The summed E-state index contributed by atoms with van der Waals surface area (Å²) in [6.07, 6.45) is 11.3. The first kappa shape index (κ1) is 37.3. The Bertz CT molecular complexity index is 1080. The number of para-hydroxylation sites is 1. The Morgan fingerprint density at radius 3 is 2.07 bits per heavy atom. The van der Waals surface area contributed by atoms with Crippen LogP contribution in [0, 0.1) is 11.8 Å². The van der Waals surface area contributed by atoms with Gasteiger partial charge in [-0.3, -0.25) is 0 Å². The van der Waals surface area contributed by atoms with Crippen molar-refractivity contribution in [1.29, 1.82) is 0 Å². The molecule has 0 spiro atoms. The molecule has 1 aromatic carbocycles. The lowest BCUT2D eigenvalue weighted by atomic mass is 9.91. The highest BCUT2D eigenvalue weighted by Crippen LogP contribution is 2.45. The summed E-state index contributed by atoms with van der Waals surface area (Å²) in [5.74, 6) is -0.732. The van der Waals surface area contributed by atoms with Crippen LogP contribution in [-0.2, 0) is 18.4 Å². The fraction of sp³-hybridized carbons (Fsp3) is 0.657. The number of rotatable bonds is 14. The first-order chi connectivity index (χ1) is 19.9. The van der Waals surface area contributed by atoms with Crippen LogP contribution in [0.2, 0.25) is 36.3 Å². The number of allylic oxidation sites excluding steroid dienone is 1. The van der Waals surface area contributed by atoms with Gasteiger partial charge in [-0.2, -0.15) is 0 Å². The summed E-state index contributed by atoms with van der Waals surface area (Å²) in [6.45, 7) is 22.0. The van der Waals surface area contributed by atoms with E-state index in [-0.39, 0.29) is 28.5 Å². The molecule has 0 aliphatic heterocycles. The van der Waals surface area contributed by atoms with Crippen LogP contribution < -0.4 is 4.74 Å². The zero-order valence-electron chi connectivity index (χ0n) is 28.7. The number of hydrogen-bond acceptors (Lipinski definition) is 6. The zero-order valence-corrected chi connectivity index (χ0v) is 30.7. The number of aliphatic hydroxyl groups is 1. The van der Waals surface area contributed by atoms with Crippen molar-refractivity contribution in [2.24, 2.45) is 11.8 Å². The minimum Gasteiger partial charge on any atom is -0.493 e. The Kier molecular flexibility index (Phi) is 13.3. The Balaban J connectivity index is 2.18. The van der Waals surface area contributed by atoms with Crippen molar-refractivity contribution in [2.45, 2.75) is 122 Å². The quantitative estimate of drug-likeness (QED) is 0.0553. The second-order valence-electron chi connectivity index (χ2n) is 14.8. The third kappa shape index (κ3) is 10.6. The maximum absolute atomic E-state index is 13.5. The van der Waals surface area contributed by atoms with Gasteiger partial charge in [0.15, 0.2) is 16.6 Å². The highest BCUT2D eigenvalue weighted by Gasteiger charge is 2.54. The highest BCUT2D eigenvalue weighted by molar-refractivity contribution is 6.75. The molecule has 3 atom stereocenters. The monoisotopic (exact) mass is 630 g/mol. The van der Waals surface area contributed by atoms with Gasteiger partial charge in [0.25, 0.3) is 5.79 Å². The fourth-order valence-corrected chi connectivity index (χ4v) is 7.48. The summed E-state index contributed by atoms with van der Waals surface area (Å²) >= 11 is 0. The predicted octanol–water partition coefficient (Wildman–Crippen LogP) is 8.80. The van der Waals surface area contributed by atoms with Crippen molar-refractivity contribution < 1.29 is 28.2 Å². The first-order valence-corrected chi connectivity index (χ1v) is 21.6. The molecule has 0 amide bonds. The van der Waals surface area contributed by atoms with Crippen LogP contribution in [0.3, 0.4) is 0 Å². The van der Waals surface area contributed by atoms with Crippen LogP contribution in [0.5, 0.6) is 5.75 Å². The van der Waals surface area contributed by atoms with Crippen molar-refractivity contribution in [2.75, 3.05) is 13.7 Å². The Morgan fingerprint density at radius 2 is 1.53 bits per heavy atom. The van der Waals surface area contributed by atoms with Crippen LogP contribution in [0.25, 0.3) is 0 Å². The topological polar surface area (TPSA) is 74.2 Å². The second-order valence-corrected chi connectivity index (χ2v) is 24.3. The van der Waals surface area contributed by atoms with Crippen LogP contribution in [0.1, 0.15) is 73.6 Å². The summed E-state index contributed by atoms with van der Waals surface area (Å²) in [6, 6.07) is 9.83. The molecule has 0 bridgehead atoms. The third-order valence-electron chi connectivity index (χ3n) is 9.46. The number of carbonyl (C=O) groups excluding carboxylic acids is 1. The Hall–Kier alpha value is -1.94. The van der Waals surface area contributed by atoms with Crippen molar-refractivity contribution in [3.05, 3.63) is 60.4 Å². The smallest absolute Gasteiger partial charge is 0.364 e. The molecule has 8 heteroatoms. The fourth-order valence-electron chi connectivity index (χ4n) is 4.72. The number of esters is 1. The van der Waals surface area contributed by atoms with Crippen molar-refractivity contribution in [3.63, 3.8) is 0 Å². The molecule has 0 unspecified atom stereocenters. The lowest BCUT2D eigenvalue weighted by Gasteiger charge is -2.48. The molecule has 2 rings (SSSR count). The van der Waals surface area contributed by atoms with Gasteiger partial charge in [0, 0.05) is 6.42 Å². The van der Waals surface area contributed by atoms with Gasteiger partial charge < -0.3 is 23.4 Å². The number of ether oxygens (including phenoxy) is 2. The predicted molar refractivity (Wildman–Crippen MR) is 181 cm³/mol. The maximum Gasteiger partial charge on any atom is 0.364 e. The second kappa shape index (κ2) is 15.4. The first-order valence-electron chi connectivity index (χ1n) is 15.8. The van der Waals surface area contributed by atoms with E-state index in [0.29, 0.717) is 18.9 Å². The van der Waals surface area contributed by atoms with E-state index in [1.165, 1.54) is 7.11 Å². The summed E-state index contributed by atoms with van der Waals surface area (Å²) in [4.78, 5) is 13.5. The van der Waals surface area contributed by atoms with E-state index >= 15 is 0 Å². The Morgan fingerprint density at radius 1 is 0.953 bits per heavy atom. The van der Waals surface area contributed by atoms with Crippen LogP contribution in [0.15, 0.2) is 60.4 Å². The van der Waals surface area contributed by atoms with Crippen LogP contribution >= 0.6 is 0 Å². The van der Waals surface area contributed by atoms with Crippen LogP contribution in [-0.4, -0.2) is 53.3 Å². The van der Waals surface area contributed by atoms with E-state index in [1.54, 1.807) is 0 Å². The minimum absolute atomic E-state index is 0.128. The van der Waals surface area contributed by atoms with Gasteiger partial charge in [0.2, 0.25) is 0 Å². The molecule has 0 radical (unpaired) electrons. The molecular weight excluding hydrogens is 573 g/mol. The zero-order chi connectivity index (χ0) is 32.5. The average Bonchev–Trinajstić information content (AvgIpc) is 3.25. The van der Waals surface area contributed by atoms with Gasteiger partial charge >= 0.3 is 5.97 Å². The lowest BCUT2D eigenvalue weighted by Crippen LogP contribution is -2.60. The largest absolute Gasteiger partial charge is 0.493 e. The highest BCUT2D eigenvalue weighted by atomic mass is 28.4. The molecule has 1 saturated carbocycles. The van der Waals surface area contributed by atoms with Gasteiger partial charge in [-0.05, 0) is 98.1 Å². The van der Waals surface area contributed by atoms with Gasteiger partial charge in [-0.1, -0.05) is 71.9 Å². The Labute approximate surface area is 263 Å². The van der Waals surface area contributed by atoms with E-state index in [2.05, 4.69) is 85.6 Å². The standard InChI is InChI=1S/C35H58O6Si2/c1-33(2,3)42(8,9)40-35(32(37)38-7,41-43(10,11)34(4,5)6)26-18-13-16-23-30-28(24-25-31(30)36)20-17-19-27-39-29-21-14-12-15-22-29/h12,14-18,20-22,28,30-31,36H,19,23-27H2,1-11H3/t13?,28-,30+,31-/m0/s1. The SMILES string of the molecule is COC(=O)C(CC=C=CC[C@H]1[C@@H](O)CC[C@@H]1C=CCCOc1ccccc1)(O[Si](C)(C)C(C)(C)C)O[Si](C)(C)C(C)(C)C. The third-order valence-corrected chi connectivity index (χ3v) is 18.4. The number of aliphatic hydroxyl groups excluding tert-OH is 1. The molecule has 1 fully saturated rings. The van der Waals surface area contributed by atoms with E-state index in [0.717, 1.165) is 25.0 Å². The molecule has 1 aromatic rings. The van der Waals surface area contributed by atoms with E-state index in [4.69, 9.17) is 18.3 Å². The average molecular weight is 631 g/mol. The number of carbonyl (C=O) groups is 1. The molecule has 0 saturated heterocycles.